The monoisotopic (exact) mass is 244 g/mol. The summed E-state index contributed by atoms with van der Waals surface area (Å²) >= 11 is 1.57. The molecule has 0 aliphatic heterocycles. The Morgan fingerprint density at radius 2 is 2.24 bits per heavy atom. The van der Waals surface area contributed by atoms with Gasteiger partial charge in [0, 0.05) is 10.4 Å². The molecule has 0 saturated heterocycles. The Morgan fingerprint density at radius 1 is 1.35 bits per heavy atom. The first-order valence-corrected chi connectivity index (χ1v) is 6.07. The van der Waals surface area contributed by atoms with Crippen LogP contribution in [0, 0.1) is 6.92 Å². The zero-order valence-corrected chi connectivity index (χ0v) is 10.2. The van der Waals surface area contributed by atoms with Crippen LogP contribution in [-0.4, -0.2) is 12.1 Å². The summed E-state index contributed by atoms with van der Waals surface area (Å²) in [6.07, 6.45) is 1.64. The van der Waals surface area contributed by atoms with E-state index in [2.05, 4.69) is 10.5 Å². The van der Waals surface area contributed by atoms with Crippen LogP contribution < -0.4 is 5.43 Å². The summed E-state index contributed by atoms with van der Waals surface area (Å²) in [6, 6.07) is 11.3. The van der Waals surface area contributed by atoms with Gasteiger partial charge in [-0.3, -0.25) is 4.79 Å². The van der Waals surface area contributed by atoms with Crippen molar-refractivity contribution in [2.75, 3.05) is 0 Å². The van der Waals surface area contributed by atoms with Gasteiger partial charge < -0.3 is 0 Å². The minimum Gasteiger partial charge on any atom is -0.267 e. The molecule has 0 atom stereocenters. The Labute approximate surface area is 104 Å². The molecule has 0 bridgehead atoms. The van der Waals surface area contributed by atoms with E-state index in [1.165, 1.54) is 0 Å². The highest BCUT2D eigenvalue weighted by molar-refractivity contribution is 7.11. The van der Waals surface area contributed by atoms with E-state index in [-0.39, 0.29) is 5.91 Å². The van der Waals surface area contributed by atoms with Crippen molar-refractivity contribution in [3.63, 3.8) is 0 Å². The number of hydrogen-bond donors (Lipinski definition) is 1. The van der Waals surface area contributed by atoms with Crippen molar-refractivity contribution in [1.29, 1.82) is 0 Å². The summed E-state index contributed by atoms with van der Waals surface area (Å²) in [5, 5.41) is 5.87. The molecule has 1 N–H and O–H groups in total. The van der Waals surface area contributed by atoms with E-state index in [0.717, 1.165) is 10.4 Å². The maximum Gasteiger partial charge on any atom is 0.271 e. The number of nitrogens with zero attached hydrogens (tertiary/aromatic N) is 1. The highest BCUT2D eigenvalue weighted by Crippen LogP contribution is 2.05. The first-order valence-electron chi connectivity index (χ1n) is 5.19. The first-order chi connectivity index (χ1) is 8.25. The number of carbonyl (C=O) groups excluding carboxylic acids is 1. The lowest BCUT2D eigenvalue weighted by molar-refractivity contribution is 0.0955. The smallest absolute Gasteiger partial charge is 0.267 e. The minimum atomic E-state index is -0.193. The topological polar surface area (TPSA) is 41.5 Å². The third kappa shape index (κ3) is 3.26. The van der Waals surface area contributed by atoms with Gasteiger partial charge in [0.15, 0.2) is 0 Å². The molecule has 0 aliphatic rings. The minimum absolute atomic E-state index is 0.193. The molecule has 2 rings (SSSR count). The average molecular weight is 244 g/mol. The highest BCUT2D eigenvalue weighted by Gasteiger charge is 2.02. The molecule has 0 fully saturated rings. The van der Waals surface area contributed by atoms with Crippen molar-refractivity contribution in [3.8, 4) is 0 Å². The van der Waals surface area contributed by atoms with Crippen LogP contribution in [0.4, 0.5) is 0 Å². The van der Waals surface area contributed by atoms with E-state index in [1.54, 1.807) is 23.6 Å². The van der Waals surface area contributed by atoms with Crippen molar-refractivity contribution in [2.45, 2.75) is 6.92 Å². The fraction of sp³-hybridized carbons (Fsp3) is 0.0769. The van der Waals surface area contributed by atoms with Crippen molar-refractivity contribution >= 4 is 23.5 Å². The Morgan fingerprint density at radius 3 is 2.94 bits per heavy atom. The second kappa shape index (κ2) is 5.41. The van der Waals surface area contributed by atoms with Crippen molar-refractivity contribution in [1.82, 2.24) is 5.43 Å². The summed E-state index contributed by atoms with van der Waals surface area (Å²) in [4.78, 5) is 12.7. The maximum atomic E-state index is 11.7. The zero-order valence-electron chi connectivity index (χ0n) is 9.38. The van der Waals surface area contributed by atoms with Crippen molar-refractivity contribution < 1.29 is 4.79 Å². The Hall–Kier alpha value is -1.94. The number of benzene rings is 1. The molecule has 1 aromatic carbocycles. The third-order valence-electron chi connectivity index (χ3n) is 2.18. The van der Waals surface area contributed by atoms with Gasteiger partial charge in [0.1, 0.15) is 0 Å². The number of aryl methyl sites for hydroxylation is 1. The van der Waals surface area contributed by atoms with Crippen LogP contribution in [0.2, 0.25) is 0 Å². The van der Waals surface area contributed by atoms with E-state index < -0.39 is 0 Å². The second-order valence-corrected chi connectivity index (χ2v) is 4.56. The van der Waals surface area contributed by atoms with Crippen LogP contribution >= 0.6 is 11.3 Å². The SMILES string of the molecule is Cc1cccc(C(=O)N/N=C/c2cccs2)c1. The second-order valence-electron chi connectivity index (χ2n) is 3.58. The number of rotatable bonds is 3. The van der Waals surface area contributed by atoms with E-state index in [9.17, 15) is 4.79 Å². The van der Waals surface area contributed by atoms with E-state index in [4.69, 9.17) is 0 Å². The molecule has 0 radical (unpaired) electrons. The van der Waals surface area contributed by atoms with Gasteiger partial charge >= 0.3 is 0 Å². The Balaban J connectivity index is 1.98. The quantitative estimate of drug-likeness (QED) is 0.654. The summed E-state index contributed by atoms with van der Waals surface area (Å²) in [7, 11) is 0. The lowest BCUT2D eigenvalue weighted by Gasteiger charge is -2.00. The number of nitrogens with one attached hydrogen (secondary N) is 1. The van der Waals surface area contributed by atoms with Gasteiger partial charge in [-0.2, -0.15) is 5.10 Å². The normalized spacial score (nSPS) is 10.6. The summed E-state index contributed by atoms with van der Waals surface area (Å²) in [5.41, 5.74) is 4.18. The summed E-state index contributed by atoms with van der Waals surface area (Å²) < 4.78 is 0. The average Bonchev–Trinajstić information content (AvgIpc) is 2.82. The van der Waals surface area contributed by atoms with E-state index in [0.29, 0.717) is 5.56 Å². The number of hydrazone groups is 1. The predicted molar refractivity (Wildman–Crippen MR) is 70.6 cm³/mol. The van der Waals surface area contributed by atoms with Crippen LogP contribution in [0.1, 0.15) is 20.8 Å². The van der Waals surface area contributed by atoms with Gasteiger partial charge in [0.2, 0.25) is 0 Å². The molecule has 1 aromatic heterocycles. The van der Waals surface area contributed by atoms with E-state index >= 15 is 0 Å². The molecule has 0 spiro atoms. The molecule has 1 amide bonds. The largest absolute Gasteiger partial charge is 0.271 e. The van der Waals surface area contributed by atoms with Crippen LogP contribution in [0.5, 0.6) is 0 Å². The fourth-order valence-corrected chi connectivity index (χ4v) is 1.96. The number of thiophene rings is 1. The number of hydrogen-bond acceptors (Lipinski definition) is 3. The van der Waals surface area contributed by atoms with Gasteiger partial charge in [0.05, 0.1) is 6.21 Å². The molecular weight excluding hydrogens is 232 g/mol. The zero-order chi connectivity index (χ0) is 12.1. The summed E-state index contributed by atoms with van der Waals surface area (Å²) in [5.74, 6) is -0.193. The molecule has 17 heavy (non-hydrogen) atoms. The lowest BCUT2D eigenvalue weighted by atomic mass is 10.1. The van der Waals surface area contributed by atoms with Crippen LogP contribution in [0.15, 0.2) is 46.9 Å². The first kappa shape index (κ1) is 11.5. The van der Waals surface area contributed by atoms with Gasteiger partial charge in [0.25, 0.3) is 5.91 Å². The van der Waals surface area contributed by atoms with Gasteiger partial charge in [-0.25, -0.2) is 5.43 Å². The van der Waals surface area contributed by atoms with Crippen molar-refractivity contribution in [2.24, 2.45) is 5.10 Å². The van der Waals surface area contributed by atoms with Crippen LogP contribution in [-0.2, 0) is 0 Å². The van der Waals surface area contributed by atoms with Gasteiger partial charge in [-0.05, 0) is 30.5 Å². The summed E-state index contributed by atoms with van der Waals surface area (Å²) in [6.45, 7) is 1.95. The molecular formula is C13H12N2OS. The highest BCUT2D eigenvalue weighted by atomic mass is 32.1. The molecule has 1 heterocycles. The number of amides is 1. The maximum absolute atomic E-state index is 11.7. The van der Waals surface area contributed by atoms with E-state index in [1.807, 2.05) is 42.6 Å². The molecule has 0 aliphatic carbocycles. The predicted octanol–water partition coefficient (Wildman–Crippen LogP) is 2.82. The van der Waals surface area contributed by atoms with Gasteiger partial charge in [-0.15, -0.1) is 11.3 Å². The molecule has 2 aromatic rings. The number of carbonyl (C=O) groups is 1. The molecule has 4 heteroatoms. The van der Waals surface area contributed by atoms with Crippen LogP contribution in [0.25, 0.3) is 0 Å². The lowest BCUT2D eigenvalue weighted by Crippen LogP contribution is -2.17. The third-order valence-corrected chi connectivity index (χ3v) is 2.99. The molecule has 0 saturated carbocycles. The van der Waals surface area contributed by atoms with Crippen molar-refractivity contribution in [3.05, 3.63) is 57.8 Å². The molecule has 0 unspecified atom stereocenters. The molecule has 3 nitrogen and oxygen atoms in total. The fourth-order valence-electron chi connectivity index (χ4n) is 1.37. The Bertz CT molecular complexity index is 532. The molecule has 86 valence electrons. The van der Waals surface area contributed by atoms with Crippen LogP contribution in [0.3, 0.4) is 0 Å². The van der Waals surface area contributed by atoms with Gasteiger partial charge in [-0.1, -0.05) is 23.8 Å². The standard InChI is InChI=1S/C13H12N2OS/c1-10-4-2-5-11(8-10)13(16)15-14-9-12-6-3-7-17-12/h2-9H,1H3,(H,15,16)/b14-9+. The Kier molecular flexibility index (Phi) is 3.67.